The zero-order chi connectivity index (χ0) is 11.6. The Bertz CT molecular complexity index is 438. The molecule has 0 heterocycles. The molecule has 0 radical (unpaired) electrons. The van der Waals surface area contributed by atoms with E-state index in [4.69, 9.17) is 0 Å². The van der Waals surface area contributed by atoms with Crippen LogP contribution in [0.2, 0.25) is 0 Å². The number of benzene rings is 1. The molecule has 1 atom stereocenters. The molecule has 2 aliphatic rings. The van der Waals surface area contributed by atoms with Crippen molar-refractivity contribution in [2.24, 2.45) is 5.41 Å². The SMILES string of the molecule is C1=CC2(CCC1)CCC/C2=C/c1ccccc1. The smallest absolute Gasteiger partial charge is 0.00943 e. The van der Waals surface area contributed by atoms with Crippen LogP contribution >= 0.6 is 0 Å². The maximum atomic E-state index is 2.50. The molecule has 0 N–H and O–H groups in total. The third-order valence-electron chi connectivity index (χ3n) is 4.28. The summed E-state index contributed by atoms with van der Waals surface area (Å²) < 4.78 is 0. The van der Waals surface area contributed by atoms with Gasteiger partial charge in [-0.1, -0.05) is 54.1 Å². The number of hydrogen-bond acceptors (Lipinski definition) is 0. The summed E-state index contributed by atoms with van der Waals surface area (Å²) in [6.45, 7) is 0. The topological polar surface area (TPSA) is 0 Å². The average molecular weight is 224 g/mol. The Kier molecular flexibility index (Phi) is 2.88. The zero-order valence-electron chi connectivity index (χ0n) is 10.4. The molecule has 1 spiro atoms. The maximum Gasteiger partial charge on any atom is 0.00943 e. The molecule has 1 unspecified atom stereocenters. The first-order valence-corrected chi connectivity index (χ1v) is 6.83. The van der Waals surface area contributed by atoms with Crippen molar-refractivity contribution in [2.45, 2.75) is 38.5 Å². The van der Waals surface area contributed by atoms with Crippen LogP contribution < -0.4 is 0 Å². The monoisotopic (exact) mass is 224 g/mol. The van der Waals surface area contributed by atoms with E-state index in [-0.39, 0.29) is 0 Å². The van der Waals surface area contributed by atoms with Crippen LogP contribution in [0, 0.1) is 5.41 Å². The lowest BCUT2D eigenvalue weighted by Crippen LogP contribution is -2.17. The predicted molar refractivity (Wildman–Crippen MR) is 73.7 cm³/mol. The Labute approximate surface area is 104 Å². The standard InChI is InChI=1S/C17H20/c1-3-8-15(9-4-1)14-16-10-7-13-17(16)11-5-2-6-12-17/h1,3-5,8-9,11,14H,2,6-7,10,12-13H2/b16-14-. The van der Waals surface area contributed by atoms with Crippen molar-refractivity contribution in [1.29, 1.82) is 0 Å². The van der Waals surface area contributed by atoms with Crippen LogP contribution in [-0.4, -0.2) is 0 Å². The van der Waals surface area contributed by atoms with Crippen LogP contribution in [-0.2, 0) is 0 Å². The highest BCUT2D eigenvalue weighted by atomic mass is 14.4. The van der Waals surface area contributed by atoms with Gasteiger partial charge >= 0.3 is 0 Å². The Morgan fingerprint density at radius 1 is 1.00 bits per heavy atom. The molecule has 2 aliphatic carbocycles. The van der Waals surface area contributed by atoms with E-state index in [0.717, 1.165) is 0 Å². The van der Waals surface area contributed by atoms with Crippen molar-refractivity contribution < 1.29 is 0 Å². The molecular weight excluding hydrogens is 204 g/mol. The van der Waals surface area contributed by atoms with E-state index in [0.29, 0.717) is 5.41 Å². The normalized spacial score (nSPS) is 30.2. The molecule has 0 aliphatic heterocycles. The van der Waals surface area contributed by atoms with Gasteiger partial charge in [-0.25, -0.2) is 0 Å². The minimum Gasteiger partial charge on any atom is -0.0877 e. The lowest BCUT2D eigenvalue weighted by molar-refractivity contribution is 0.405. The summed E-state index contributed by atoms with van der Waals surface area (Å²) >= 11 is 0. The van der Waals surface area contributed by atoms with E-state index < -0.39 is 0 Å². The Hall–Kier alpha value is -1.30. The Morgan fingerprint density at radius 3 is 2.59 bits per heavy atom. The van der Waals surface area contributed by atoms with Crippen LogP contribution in [0.5, 0.6) is 0 Å². The summed E-state index contributed by atoms with van der Waals surface area (Å²) in [5.74, 6) is 0. The first kappa shape index (κ1) is 10.8. The number of rotatable bonds is 1. The molecule has 3 rings (SSSR count). The van der Waals surface area contributed by atoms with Crippen LogP contribution in [0.4, 0.5) is 0 Å². The minimum absolute atomic E-state index is 0.425. The highest BCUT2D eigenvalue weighted by molar-refractivity contribution is 5.56. The molecular formula is C17H20. The summed E-state index contributed by atoms with van der Waals surface area (Å²) in [4.78, 5) is 0. The number of allylic oxidation sites excluding steroid dienone is 3. The van der Waals surface area contributed by atoms with Crippen LogP contribution in [0.3, 0.4) is 0 Å². The van der Waals surface area contributed by atoms with Crippen LogP contribution in [0.15, 0.2) is 48.1 Å². The van der Waals surface area contributed by atoms with Crippen molar-refractivity contribution in [1.82, 2.24) is 0 Å². The lowest BCUT2D eigenvalue weighted by Gasteiger charge is -2.30. The van der Waals surface area contributed by atoms with E-state index in [1.54, 1.807) is 5.57 Å². The predicted octanol–water partition coefficient (Wildman–Crippen LogP) is 4.98. The average Bonchev–Trinajstić information content (AvgIpc) is 2.74. The largest absolute Gasteiger partial charge is 0.0877 e. The van der Waals surface area contributed by atoms with Crippen LogP contribution in [0.25, 0.3) is 6.08 Å². The van der Waals surface area contributed by atoms with E-state index in [9.17, 15) is 0 Å². The lowest BCUT2D eigenvalue weighted by atomic mass is 9.74. The fourth-order valence-corrected chi connectivity index (χ4v) is 3.37. The van der Waals surface area contributed by atoms with Gasteiger partial charge in [0.1, 0.15) is 0 Å². The van der Waals surface area contributed by atoms with Crippen molar-refractivity contribution in [3.05, 3.63) is 53.6 Å². The van der Waals surface area contributed by atoms with Crippen LogP contribution in [0.1, 0.15) is 44.1 Å². The van der Waals surface area contributed by atoms with Gasteiger partial charge in [-0.2, -0.15) is 0 Å². The third-order valence-corrected chi connectivity index (χ3v) is 4.28. The highest BCUT2D eigenvalue weighted by Gasteiger charge is 2.36. The van der Waals surface area contributed by atoms with E-state index in [1.807, 2.05) is 0 Å². The molecule has 0 bridgehead atoms. The minimum atomic E-state index is 0.425. The van der Waals surface area contributed by atoms with Gasteiger partial charge in [0, 0.05) is 5.41 Å². The van der Waals surface area contributed by atoms with Gasteiger partial charge in [0.25, 0.3) is 0 Å². The second-order valence-corrected chi connectivity index (χ2v) is 5.38. The highest BCUT2D eigenvalue weighted by Crippen LogP contribution is 2.50. The van der Waals surface area contributed by atoms with Gasteiger partial charge in [0.05, 0.1) is 0 Å². The maximum absolute atomic E-state index is 2.50. The van der Waals surface area contributed by atoms with Gasteiger partial charge < -0.3 is 0 Å². The molecule has 0 heteroatoms. The molecule has 0 aromatic heterocycles. The second-order valence-electron chi connectivity index (χ2n) is 5.38. The summed E-state index contributed by atoms with van der Waals surface area (Å²) in [6, 6.07) is 10.8. The third kappa shape index (κ3) is 2.09. The number of hydrogen-bond donors (Lipinski definition) is 0. The van der Waals surface area contributed by atoms with Gasteiger partial charge in [0.2, 0.25) is 0 Å². The van der Waals surface area contributed by atoms with Gasteiger partial charge in [-0.3, -0.25) is 0 Å². The Balaban J connectivity index is 1.94. The summed E-state index contributed by atoms with van der Waals surface area (Å²) in [7, 11) is 0. The molecule has 88 valence electrons. The summed E-state index contributed by atoms with van der Waals surface area (Å²) in [6.07, 6.45) is 15.4. The Morgan fingerprint density at radius 2 is 1.82 bits per heavy atom. The molecule has 1 aromatic rings. The molecule has 1 aromatic carbocycles. The molecule has 0 saturated heterocycles. The molecule has 0 nitrogen and oxygen atoms in total. The quantitative estimate of drug-likeness (QED) is 0.590. The molecule has 17 heavy (non-hydrogen) atoms. The summed E-state index contributed by atoms with van der Waals surface area (Å²) in [5.41, 5.74) is 3.45. The zero-order valence-corrected chi connectivity index (χ0v) is 10.4. The van der Waals surface area contributed by atoms with Gasteiger partial charge in [0.15, 0.2) is 0 Å². The van der Waals surface area contributed by atoms with Gasteiger partial charge in [-0.05, 0) is 44.1 Å². The first-order valence-electron chi connectivity index (χ1n) is 6.83. The van der Waals surface area contributed by atoms with E-state index in [1.165, 1.54) is 44.1 Å². The van der Waals surface area contributed by atoms with Crippen molar-refractivity contribution in [3.63, 3.8) is 0 Å². The van der Waals surface area contributed by atoms with Crippen molar-refractivity contribution in [3.8, 4) is 0 Å². The van der Waals surface area contributed by atoms with E-state index in [2.05, 4.69) is 48.6 Å². The molecule has 1 saturated carbocycles. The summed E-state index contributed by atoms with van der Waals surface area (Å²) in [5, 5.41) is 0. The van der Waals surface area contributed by atoms with Gasteiger partial charge in [-0.15, -0.1) is 0 Å². The van der Waals surface area contributed by atoms with E-state index >= 15 is 0 Å². The fourth-order valence-electron chi connectivity index (χ4n) is 3.37. The second kappa shape index (κ2) is 4.52. The molecule has 1 fully saturated rings. The molecule has 0 amide bonds. The fraction of sp³-hybridized carbons (Fsp3) is 0.412. The van der Waals surface area contributed by atoms with Crippen molar-refractivity contribution in [2.75, 3.05) is 0 Å². The first-order chi connectivity index (χ1) is 8.39. The van der Waals surface area contributed by atoms with Crippen molar-refractivity contribution >= 4 is 6.08 Å².